The van der Waals surface area contributed by atoms with Crippen molar-refractivity contribution < 1.29 is 9.59 Å². The van der Waals surface area contributed by atoms with Crippen molar-refractivity contribution in [2.45, 2.75) is 26.7 Å². The van der Waals surface area contributed by atoms with Gasteiger partial charge < -0.3 is 15.1 Å². The third kappa shape index (κ3) is 5.49. The van der Waals surface area contributed by atoms with Crippen molar-refractivity contribution in [3.63, 3.8) is 0 Å². The molecule has 0 aromatic carbocycles. The summed E-state index contributed by atoms with van der Waals surface area (Å²) in [6, 6.07) is 0. The zero-order valence-electron chi connectivity index (χ0n) is 11.7. The lowest BCUT2D eigenvalue weighted by Gasteiger charge is -2.32. The molecule has 1 aliphatic heterocycles. The molecule has 1 rings (SSSR count). The highest BCUT2D eigenvalue weighted by molar-refractivity contribution is 5.96. The van der Waals surface area contributed by atoms with Crippen molar-refractivity contribution in [1.82, 2.24) is 15.1 Å². The lowest BCUT2D eigenvalue weighted by molar-refractivity contribution is -0.137. The van der Waals surface area contributed by atoms with E-state index in [2.05, 4.69) is 24.1 Å². The minimum atomic E-state index is -0.153. The molecule has 1 fully saturated rings. The molecule has 5 heteroatoms. The number of rotatable bonds is 5. The van der Waals surface area contributed by atoms with E-state index in [0.717, 1.165) is 32.6 Å². The topological polar surface area (TPSA) is 52.7 Å². The number of amides is 2. The number of piperazine rings is 1. The van der Waals surface area contributed by atoms with Crippen molar-refractivity contribution in [2.24, 2.45) is 5.92 Å². The Morgan fingerprint density at radius 3 is 2.33 bits per heavy atom. The molecule has 5 nitrogen and oxygen atoms in total. The number of hydrogen-bond donors (Lipinski definition) is 1. The Balaban J connectivity index is 2.21. The number of likely N-dealkylation sites (N-methyl/N-ethyl adjacent to an activating group) is 1. The highest BCUT2D eigenvalue weighted by atomic mass is 16.2. The largest absolute Gasteiger partial charge is 0.356 e. The number of hydrogen-bond acceptors (Lipinski definition) is 3. The average Bonchev–Trinajstić information content (AvgIpc) is 2.29. The molecule has 0 aromatic heterocycles. The molecule has 1 heterocycles. The van der Waals surface area contributed by atoms with E-state index < -0.39 is 0 Å². The Morgan fingerprint density at radius 2 is 1.78 bits per heavy atom. The fourth-order valence-corrected chi connectivity index (χ4v) is 1.87. The predicted molar refractivity (Wildman–Crippen MR) is 71.2 cm³/mol. The molecule has 1 aliphatic rings. The lowest BCUT2D eigenvalue weighted by Crippen LogP contribution is -2.48. The van der Waals surface area contributed by atoms with Crippen molar-refractivity contribution in [2.75, 3.05) is 39.8 Å². The number of nitrogens with one attached hydrogen (secondary N) is 1. The van der Waals surface area contributed by atoms with Crippen molar-refractivity contribution in [3.05, 3.63) is 0 Å². The van der Waals surface area contributed by atoms with Crippen LogP contribution in [0.2, 0.25) is 0 Å². The first-order chi connectivity index (χ1) is 8.49. The summed E-state index contributed by atoms with van der Waals surface area (Å²) < 4.78 is 0. The molecule has 1 saturated heterocycles. The molecule has 0 atom stereocenters. The first-order valence-corrected chi connectivity index (χ1v) is 6.72. The van der Waals surface area contributed by atoms with E-state index in [0.29, 0.717) is 12.5 Å². The molecular weight excluding hydrogens is 230 g/mol. The molecule has 104 valence electrons. The minimum absolute atomic E-state index is 0.0121. The van der Waals surface area contributed by atoms with Gasteiger partial charge in [0, 0.05) is 32.7 Å². The summed E-state index contributed by atoms with van der Waals surface area (Å²) in [5, 5.41) is 2.80. The molecule has 0 bridgehead atoms. The van der Waals surface area contributed by atoms with E-state index in [1.54, 1.807) is 4.90 Å². The van der Waals surface area contributed by atoms with Gasteiger partial charge in [-0.05, 0) is 19.4 Å². The number of carbonyl (C=O) groups excluding carboxylic acids is 2. The van der Waals surface area contributed by atoms with E-state index >= 15 is 0 Å². The van der Waals surface area contributed by atoms with Crippen molar-refractivity contribution in [3.8, 4) is 0 Å². The maximum Gasteiger partial charge on any atom is 0.232 e. The second-order valence-electron chi connectivity index (χ2n) is 5.39. The van der Waals surface area contributed by atoms with Gasteiger partial charge in [0.1, 0.15) is 6.42 Å². The van der Waals surface area contributed by atoms with Crippen LogP contribution in [0.3, 0.4) is 0 Å². The molecule has 1 N–H and O–H groups in total. The van der Waals surface area contributed by atoms with Crippen LogP contribution in [0.1, 0.15) is 26.7 Å². The van der Waals surface area contributed by atoms with Crippen LogP contribution in [-0.2, 0) is 9.59 Å². The van der Waals surface area contributed by atoms with Gasteiger partial charge in [0.15, 0.2) is 0 Å². The molecule has 18 heavy (non-hydrogen) atoms. The standard InChI is InChI=1S/C13H25N3O2/c1-11(2)4-5-14-12(17)10-13(18)16-8-6-15(3)7-9-16/h11H,4-10H2,1-3H3,(H,14,17). The van der Waals surface area contributed by atoms with Gasteiger partial charge >= 0.3 is 0 Å². The highest BCUT2D eigenvalue weighted by Gasteiger charge is 2.20. The monoisotopic (exact) mass is 255 g/mol. The van der Waals surface area contributed by atoms with Crippen LogP contribution in [0, 0.1) is 5.92 Å². The Labute approximate surface area is 110 Å². The predicted octanol–water partition coefficient (Wildman–Crippen LogP) is 0.313. The van der Waals surface area contributed by atoms with Crippen LogP contribution < -0.4 is 5.32 Å². The third-order valence-corrected chi connectivity index (χ3v) is 3.21. The van der Waals surface area contributed by atoms with E-state index in [9.17, 15) is 9.59 Å². The zero-order valence-corrected chi connectivity index (χ0v) is 11.7. The first-order valence-electron chi connectivity index (χ1n) is 6.72. The van der Waals surface area contributed by atoms with Crippen molar-refractivity contribution >= 4 is 11.8 Å². The minimum Gasteiger partial charge on any atom is -0.356 e. The third-order valence-electron chi connectivity index (χ3n) is 3.21. The second kappa shape index (κ2) is 7.36. The molecule has 0 spiro atoms. The fraction of sp³-hybridized carbons (Fsp3) is 0.846. The van der Waals surface area contributed by atoms with Crippen LogP contribution in [0.15, 0.2) is 0 Å². The Bertz CT molecular complexity index is 284. The summed E-state index contributed by atoms with van der Waals surface area (Å²) in [6.45, 7) is 8.13. The summed E-state index contributed by atoms with van der Waals surface area (Å²) in [6.07, 6.45) is 0.941. The Morgan fingerprint density at radius 1 is 1.17 bits per heavy atom. The quantitative estimate of drug-likeness (QED) is 0.720. The van der Waals surface area contributed by atoms with Gasteiger partial charge in [-0.3, -0.25) is 9.59 Å². The van der Waals surface area contributed by atoms with E-state index in [1.807, 2.05) is 7.05 Å². The normalized spacial score (nSPS) is 17.0. The van der Waals surface area contributed by atoms with Crippen LogP contribution in [0.4, 0.5) is 0 Å². The van der Waals surface area contributed by atoms with E-state index in [-0.39, 0.29) is 18.2 Å². The lowest BCUT2D eigenvalue weighted by atomic mass is 10.1. The maximum absolute atomic E-state index is 11.9. The van der Waals surface area contributed by atoms with Crippen LogP contribution in [0.25, 0.3) is 0 Å². The molecule has 2 amide bonds. The fourth-order valence-electron chi connectivity index (χ4n) is 1.87. The SMILES string of the molecule is CC(C)CCNC(=O)CC(=O)N1CCN(C)CC1. The van der Waals surface area contributed by atoms with Gasteiger partial charge in [-0.1, -0.05) is 13.8 Å². The number of nitrogens with zero attached hydrogens (tertiary/aromatic N) is 2. The van der Waals surface area contributed by atoms with E-state index in [4.69, 9.17) is 0 Å². The summed E-state index contributed by atoms with van der Waals surface area (Å²) in [5.41, 5.74) is 0. The van der Waals surface area contributed by atoms with Crippen LogP contribution >= 0.6 is 0 Å². The summed E-state index contributed by atoms with van der Waals surface area (Å²) in [5.74, 6) is 0.364. The van der Waals surface area contributed by atoms with Crippen LogP contribution in [0.5, 0.6) is 0 Å². The summed E-state index contributed by atoms with van der Waals surface area (Å²) >= 11 is 0. The van der Waals surface area contributed by atoms with Crippen molar-refractivity contribution in [1.29, 1.82) is 0 Å². The average molecular weight is 255 g/mol. The van der Waals surface area contributed by atoms with Gasteiger partial charge in [0.2, 0.25) is 11.8 Å². The first kappa shape index (κ1) is 15.0. The summed E-state index contributed by atoms with van der Waals surface area (Å²) in [4.78, 5) is 27.4. The highest BCUT2D eigenvalue weighted by Crippen LogP contribution is 2.02. The molecular formula is C13H25N3O2. The maximum atomic E-state index is 11.9. The molecule has 0 saturated carbocycles. The van der Waals surface area contributed by atoms with Gasteiger partial charge in [0.25, 0.3) is 0 Å². The number of carbonyl (C=O) groups is 2. The van der Waals surface area contributed by atoms with Gasteiger partial charge in [-0.15, -0.1) is 0 Å². The molecule has 0 radical (unpaired) electrons. The van der Waals surface area contributed by atoms with E-state index in [1.165, 1.54) is 0 Å². The zero-order chi connectivity index (χ0) is 13.5. The molecule has 0 unspecified atom stereocenters. The van der Waals surface area contributed by atoms with Gasteiger partial charge in [-0.25, -0.2) is 0 Å². The molecule has 0 aromatic rings. The summed E-state index contributed by atoms with van der Waals surface area (Å²) in [7, 11) is 2.04. The second-order valence-corrected chi connectivity index (χ2v) is 5.39. The Hall–Kier alpha value is -1.10. The Kier molecular flexibility index (Phi) is 6.12. The van der Waals surface area contributed by atoms with Gasteiger partial charge in [0.05, 0.1) is 0 Å². The van der Waals surface area contributed by atoms with Gasteiger partial charge in [-0.2, -0.15) is 0 Å². The van der Waals surface area contributed by atoms with Crippen LogP contribution in [-0.4, -0.2) is 61.4 Å². The smallest absolute Gasteiger partial charge is 0.232 e. The molecule has 0 aliphatic carbocycles.